The lowest BCUT2D eigenvalue weighted by Gasteiger charge is -2.20. The van der Waals surface area contributed by atoms with Crippen LogP contribution in [0.5, 0.6) is 0 Å². The van der Waals surface area contributed by atoms with Gasteiger partial charge in [-0.05, 0) is 46.6 Å². The Hall–Kier alpha value is -0.810. The van der Waals surface area contributed by atoms with Crippen LogP contribution in [-0.4, -0.2) is 44.5 Å². The van der Waals surface area contributed by atoms with Crippen LogP contribution in [0.15, 0.2) is 0 Å². The van der Waals surface area contributed by atoms with Gasteiger partial charge in [-0.3, -0.25) is 0 Å². The highest BCUT2D eigenvalue weighted by Gasteiger charge is 2.15. The number of rotatable bonds is 12. The SMILES string of the molecule is CCCCCCNC(CCCNC(=O)OC(C)(C)C)COC. The van der Waals surface area contributed by atoms with Gasteiger partial charge in [0, 0.05) is 19.7 Å². The van der Waals surface area contributed by atoms with E-state index in [1.165, 1.54) is 25.7 Å². The van der Waals surface area contributed by atoms with Gasteiger partial charge in [0.1, 0.15) is 5.60 Å². The predicted molar refractivity (Wildman–Crippen MR) is 91.3 cm³/mol. The molecule has 0 aliphatic rings. The van der Waals surface area contributed by atoms with E-state index in [1.54, 1.807) is 7.11 Å². The molecule has 0 radical (unpaired) electrons. The molecule has 22 heavy (non-hydrogen) atoms. The Morgan fingerprint density at radius 1 is 1.09 bits per heavy atom. The highest BCUT2D eigenvalue weighted by atomic mass is 16.6. The number of unbranched alkanes of at least 4 members (excludes halogenated alkanes) is 3. The zero-order valence-corrected chi connectivity index (χ0v) is 15.2. The van der Waals surface area contributed by atoms with Gasteiger partial charge in [-0.25, -0.2) is 4.79 Å². The number of hydrogen-bond acceptors (Lipinski definition) is 4. The minimum Gasteiger partial charge on any atom is -0.444 e. The van der Waals surface area contributed by atoms with Crippen molar-refractivity contribution >= 4 is 6.09 Å². The number of amides is 1. The van der Waals surface area contributed by atoms with E-state index in [1.807, 2.05) is 20.8 Å². The van der Waals surface area contributed by atoms with E-state index in [-0.39, 0.29) is 6.09 Å². The van der Waals surface area contributed by atoms with Gasteiger partial charge in [-0.15, -0.1) is 0 Å². The van der Waals surface area contributed by atoms with Crippen LogP contribution in [0.3, 0.4) is 0 Å². The number of methoxy groups -OCH3 is 1. The van der Waals surface area contributed by atoms with E-state index < -0.39 is 5.60 Å². The highest BCUT2D eigenvalue weighted by molar-refractivity contribution is 5.67. The Kier molecular flexibility index (Phi) is 12.2. The van der Waals surface area contributed by atoms with E-state index in [0.29, 0.717) is 19.2 Å². The van der Waals surface area contributed by atoms with Crippen molar-refractivity contribution in [2.75, 3.05) is 26.8 Å². The molecular formula is C17H36N2O3. The zero-order chi connectivity index (χ0) is 16.8. The van der Waals surface area contributed by atoms with Gasteiger partial charge >= 0.3 is 6.09 Å². The van der Waals surface area contributed by atoms with Crippen LogP contribution in [0, 0.1) is 0 Å². The van der Waals surface area contributed by atoms with Gasteiger partial charge in [-0.1, -0.05) is 26.2 Å². The summed E-state index contributed by atoms with van der Waals surface area (Å²) in [6.07, 6.45) is 6.61. The molecule has 0 rings (SSSR count). The quantitative estimate of drug-likeness (QED) is 0.541. The Balaban J connectivity index is 3.74. The topological polar surface area (TPSA) is 59.6 Å². The van der Waals surface area contributed by atoms with Crippen molar-refractivity contribution in [1.29, 1.82) is 0 Å². The van der Waals surface area contributed by atoms with Crippen molar-refractivity contribution in [3.8, 4) is 0 Å². The van der Waals surface area contributed by atoms with Crippen molar-refractivity contribution in [1.82, 2.24) is 10.6 Å². The summed E-state index contributed by atoms with van der Waals surface area (Å²) in [6.45, 7) is 10.2. The van der Waals surface area contributed by atoms with Crippen LogP contribution in [0.1, 0.15) is 66.2 Å². The second-order valence-electron chi connectivity index (χ2n) is 6.74. The minimum atomic E-state index is -0.442. The summed E-state index contributed by atoms with van der Waals surface area (Å²) in [5.41, 5.74) is -0.442. The van der Waals surface area contributed by atoms with Gasteiger partial charge in [0.2, 0.25) is 0 Å². The third kappa shape index (κ3) is 14.1. The smallest absolute Gasteiger partial charge is 0.407 e. The minimum absolute atomic E-state index is 0.344. The van der Waals surface area contributed by atoms with Crippen molar-refractivity contribution in [3.63, 3.8) is 0 Å². The van der Waals surface area contributed by atoms with Gasteiger partial charge in [0.05, 0.1) is 6.61 Å². The molecule has 0 fully saturated rings. The fourth-order valence-corrected chi connectivity index (χ4v) is 2.16. The third-order valence-corrected chi connectivity index (χ3v) is 3.23. The first-order chi connectivity index (χ1) is 10.4. The molecule has 0 heterocycles. The Labute approximate surface area is 136 Å². The molecule has 0 aromatic heterocycles. The van der Waals surface area contributed by atoms with Gasteiger partial charge in [0.15, 0.2) is 0 Å². The number of carbonyl (C=O) groups excluding carboxylic acids is 1. The third-order valence-electron chi connectivity index (χ3n) is 3.23. The van der Waals surface area contributed by atoms with Crippen LogP contribution < -0.4 is 10.6 Å². The van der Waals surface area contributed by atoms with Gasteiger partial charge in [0.25, 0.3) is 0 Å². The van der Waals surface area contributed by atoms with Gasteiger partial charge < -0.3 is 20.1 Å². The lowest BCUT2D eigenvalue weighted by molar-refractivity contribution is 0.0526. The normalized spacial score (nSPS) is 13.0. The average molecular weight is 316 g/mol. The Morgan fingerprint density at radius 2 is 1.82 bits per heavy atom. The second-order valence-corrected chi connectivity index (χ2v) is 6.74. The molecule has 132 valence electrons. The van der Waals surface area contributed by atoms with E-state index in [2.05, 4.69) is 17.6 Å². The van der Waals surface area contributed by atoms with E-state index in [0.717, 1.165) is 19.4 Å². The van der Waals surface area contributed by atoms with E-state index >= 15 is 0 Å². The average Bonchev–Trinajstić information content (AvgIpc) is 2.41. The molecule has 0 bridgehead atoms. The predicted octanol–water partition coefficient (Wildman–Crippen LogP) is 3.48. The van der Waals surface area contributed by atoms with Crippen LogP contribution in [0.25, 0.3) is 0 Å². The van der Waals surface area contributed by atoms with Crippen LogP contribution >= 0.6 is 0 Å². The second kappa shape index (κ2) is 12.7. The molecular weight excluding hydrogens is 280 g/mol. The molecule has 0 aliphatic carbocycles. The van der Waals surface area contributed by atoms with Crippen molar-refractivity contribution in [2.24, 2.45) is 0 Å². The molecule has 1 unspecified atom stereocenters. The summed E-state index contributed by atoms with van der Waals surface area (Å²) in [5, 5.41) is 6.33. The molecule has 0 saturated carbocycles. The first kappa shape index (κ1) is 21.2. The Bertz CT molecular complexity index is 278. The molecule has 0 aliphatic heterocycles. The van der Waals surface area contributed by atoms with Gasteiger partial charge in [-0.2, -0.15) is 0 Å². The molecule has 1 amide bonds. The molecule has 2 N–H and O–H groups in total. The van der Waals surface area contributed by atoms with Crippen molar-refractivity contribution < 1.29 is 14.3 Å². The zero-order valence-electron chi connectivity index (χ0n) is 15.2. The number of ether oxygens (including phenoxy) is 2. The van der Waals surface area contributed by atoms with Crippen molar-refractivity contribution in [3.05, 3.63) is 0 Å². The van der Waals surface area contributed by atoms with Crippen LogP contribution in [-0.2, 0) is 9.47 Å². The summed E-state index contributed by atoms with van der Waals surface area (Å²) in [4.78, 5) is 11.5. The van der Waals surface area contributed by atoms with E-state index in [9.17, 15) is 4.79 Å². The summed E-state index contributed by atoms with van der Waals surface area (Å²) in [5.74, 6) is 0. The molecule has 0 saturated heterocycles. The summed E-state index contributed by atoms with van der Waals surface area (Å²) in [7, 11) is 1.73. The van der Waals surface area contributed by atoms with Crippen LogP contribution in [0.4, 0.5) is 4.79 Å². The number of nitrogens with one attached hydrogen (secondary N) is 2. The monoisotopic (exact) mass is 316 g/mol. The molecule has 0 spiro atoms. The number of carbonyl (C=O) groups is 1. The lowest BCUT2D eigenvalue weighted by Crippen LogP contribution is -2.36. The molecule has 5 heteroatoms. The maximum atomic E-state index is 11.5. The largest absolute Gasteiger partial charge is 0.444 e. The maximum Gasteiger partial charge on any atom is 0.407 e. The van der Waals surface area contributed by atoms with E-state index in [4.69, 9.17) is 9.47 Å². The number of hydrogen-bond donors (Lipinski definition) is 2. The van der Waals surface area contributed by atoms with Crippen molar-refractivity contribution in [2.45, 2.75) is 77.9 Å². The standard InChI is InChI=1S/C17H36N2O3/c1-6-7-8-9-12-18-15(14-21-5)11-10-13-19-16(20)22-17(2,3)4/h15,18H,6-14H2,1-5H3,(H,19,20). The lowest BCUT2D eigenvalue weighted by atomic mass is 10.1. The molecule has 0 aromatic carbocycles. The first-order valence-corrected chi connectivity index (χ1v) is 8.58. The molecule has 0 aromatic rings. The first-order valence-electron chi connectivity index (χ1n) is 8.58. The summed E-state index contributed by atoms with van der Waals surface area (Å²) in [6, 6.07) is 0.354. The highest BCUT2D eigenvalue weighted by Crippen LogP contribution is 2.06. The fourth-order valence-electron chi connectivity index (χ4n) is 2.16. The fraction of sp³-hybridized carbons (Fsp3) is 0.941. The maximum absolute atomic E-state index is 11.5. The summed E-state index contributed by atoms with van der Waals surface area (Å²) >= 11 is 0. The Morgan fingerprint density at radius 3 is 2.41 bits per heavy atom. The molecule has 1 atom stereocenters. The molecule has 5 nitrogen and oxygen atoms in total. The number of alkyl carbamates (subject to hydrolysis) is 1. The summed E-state index contributed by atoms with van der Waals surface area (Å²) < 4.78 is 10.5. The van der Waals surface area contributed by atoms with Crippen LogP contribution in [0.2, 0.25) is 0 Å².